The van der Waals surface area contributed by atoms with Crippen molar-refractivity contribution < 1.29 is 18.7 Å². The number of nitrogens with zero attached hydrogens (tertiary/aromatic N) is 1. The van der Waals surface area contributed by atoms with Gasteiger partial charge in [0.1, 0.15) is 11.6 Å². The molecule has 0 radical (unpaired) electrons. The minimum Gasteiger partial charge on any atom is -0.396 e. The Balaban J connectivity index is 1.90. The molecule has 0 bridgehead atoms. The van der Waals surface area contributed by atoms with Crippen LogP contribution in [0.4, 0.5) is 8.78 Å². The topological polar surface area (TPSA) is 40.5 Å². The van der Waals surface area contributed by atoms with E-state index in [-0.39, 0.29) is 36.8 Å². The fraction of sp³-hybridized carbons (Fsp3) is 0.533. The van der Waals surface area contributed by atoms with Gasteiger partial charge in [-0.15, -0.1) is 0 Å². The summed E-state index contributed by atoms with van der Waals surface area (Å²) >= 11 is 0. The first-order valence-corrected chi connectivity index (χ1v) is 6.92. The Morgan fingerprint density at radius 2 is 2.20 bits per heavy atom. The van der Waals surface area contributed by atoms with E-state index in [2.05, 4.69) is 0 Å². The van der Waals surface area contributed by atoms with Crippen LogP contribution in [0.1, 0.15) is 24.8 Å². The number of piperidine rings is 1. The van der Waals surface area contributed by atoms with Crippen LogP contribution in [0, 0.1) is 17.6 Å². The van der Waals surface area contributed by atoms with Crippen LogP contribution < -0.4 is 0 Å². The Morgan fingerprint density at radius 3 is 2.95 bits per heavy atom. The lowest BCUT2D eigenvalue weighted by atomic mass is 9.98. The van der Waals surface area contributed by atoms with Crippen molar-refractivity contribution in [3.63, 3.8) is 0 Å². The van der Waals surface area contributed by atoms with Crippen molar-refractivity contribution in [1.29, 1.82) is 0 Å². The SMILES string of the molecule is O=C(CCc1cc(F)ccc1F)N1CCCC(CO)C1. The fourth-order valence-corrected chi connectivity index (χ4v) is 2.58. The molecule has 0 spiro atoms. The number of carbonyl (C=O) groups excluding carboxylic acids is 1. The van der Waals surface area contributed by atoms with Crippen molar-refractivity contribution in [2.24, 2.45) is 5.92 Å². The second-order valence-electron chi connectivity index (χ2n) is 5.27. The number of likely N-dealkylation sites (tertiary alicyclic amines) is 1. The lowest BCUT2D eigenvalue weighted by Gasteiger charge is -2.32. The zero-order valence-corrected chi connectivity index (χ0v) is 11.3. The number of halogens is 2. The molecule has 110 valence electrons. The van der Waals surface area contributed by atoms with Crippen LogP contribution in [0.25, 0.3) is 0 Å². The lowest BCUT2D eigenvalue weighted by molar-refractivity contribution is -0.133. The third-order valence-electron chi connectivity index (χ3n) is 3.75. The van der Waals surface area contributed by atoms with E-state index in [0.29, 0.717) is 13.1 Å². The molecule has 1 unspecified atom stereocenters. The summed E-state index contributed by atoms with van der Waals surface area (Å²) in [5.74, 6) is -0.899. The minimum absolute atomic E-state index is 0.0631. The standard InChI is InChI=1S/C15H19F2NO2/c16-13-4-5-14(17)12(8-13)3-6-15(20)18-7-1-2-11(9-18)10-19/h4-5,8,11,19H,1-3,6-7,9-10H2. The second-order valence-corrected chi connectivity index (χ2v) is 5.27. The van der Waals surface area contributed by atoms with Crippen molar-refractivity contribution in [1.82, 2.24) is 4.90 Å². The Kier molecular flexibility index (Phi) is 5.06. The van der Waals surface area contributed by atoms with E-state index in [1.54, 1.807) is 4.90 Å². The van der Waals surface area contributed by atoms with Gasteiger partial charge in [0.05, 0.1) is 0 Å². The number of rotatable bonds is 4. The second kappa shape index (κ2) is 6.79. The molecule has 1 aliphatic rings. The molecule has 1 saturated heterocycles. The van der Waals surface area contributed by atoms with E-state index < -0.39 is 11.6 Å². The Hall–Kier alpha value is -1.49. The predicted molar refractivity (Wildman–Crippen MR) is 71.1 cm³/mol. The highest BCUT2D eigenvalue weighted by atomic mass is 19.1. The van der Waals surface area contributed by atoms with Gasteiger partial charge in [-0.1, -0.05) is 0 Å². The van der Waals surface area contributed by atoms with Crippen LogP contribution in [0.2, 0.25) is 0 Å². The average Bonchev–Trinajstić information content (AvgIpc) is 2.48. The summed E-state index contributed by atoms with van der Waals surface area (Å²) in [6.07, 6.45) is 2.17. The summed E-state index contributed by atoms with van der Waals surface area (Å²) in [4.78, 5) is 13.8. The molecule has 1 N–H and O–H groups in total. The quantitative estimate of drug-likeness (QED) is 0.919. The van der Waals surface area contributed by atoms with E-state index in [1.165, 1.54) is 0 Å². The molecule has 5 heteroatoms. The van der Waals surface area contributed by atoms with Gasteiger partial charge in [-0.25, -0.2) is 8.78 Å². The first-order valence-electron chi connectivity index (χ1n) is 6.92. The largest absolute Gasteiger partial charge is 0.396 e. The molecule has 0 aliphatic carbocycles. The Labute approximate surface area is 117 Å². The number of amides is 1. The number of benzene rings is 1. The van der Waals surface area contributed by atoms with Gasteiger partial charge in [0.25, 0.3) is 0 Å². The van der Waals surface area contributed by atoms with E-state index in [0.717, 1.165) is 31.0 Å². The maximum Gasteiger partial charge on any atom is 0.222 e. The Bertz CT molecular complexity index is 479. The molecule has 1 amide bonds. The van der Waals surface area contributed by atoms with E-state index in [1.807, 2.05) is 0 Å². The molecule has 2 rings (SSSR count). The lowest BCUT2D eigenvalue weighted by Crippen LogP contribution is -2.41. The third-order valence-corrected chi connectivity index (χ3v) is 3.75. The summed E-state index contributed by atoms with van der Waals surface area (Å²) in [7, 11) is 0. The van der Waals surface area contributed by atoms with Crippen LogP contribution >= 0.6 is 0 Å². The molecular weight excluding hydrogens is 264 g/mol. The first kappa shape index (κ1) is 14.9. The monoisotopic (exact) mass is 283 g/mol. The molecule has 1 fully saturated rings. The minimum atomic E-state index is -0.493. The van der Waals surface area contributed by atoms with Gasteiger partial charge >= 0.3 is 0 Å². The van der Waals surface area contributed by atoms with E-state index in [9.17, 15) is 13.6 Å². The number of aliphatic hydroxyl groups is 1. The molecule has 20 heavy (non-hydrogen) atoms. The van der Waals surface area contributed by atoms with Crippen LogP contribution in [-0.2, 0) is 11.2 Å². The van der Waals surface area contributed by atoms with Gasteiger partial charge in [-0.2, -0.15) is 0 Å². The van der Waals surface area contributed by atoms with Gasteiger partial charge in [0, 0.05) is 26.1 Å². The summed E-state index contributed by atoms with van der Waals surface area (Å²) in [6, 6.07) is 3.28. The smallest absolute Gasteiger partial charge is 0.222 e. The third kappa shape index (κ3) is 3.76. The number of carbonyl (C=O) groups is 1. The van der Waals surface area contributed by atoms with Crippen molar-refractivity contribution in [2.45, 2.75) is 25.7 Å². The highest BCUT2D eigenvalue weighted by Gasteiger charge is 2.23. The van der Waals surface area contributed by atoms with Crippen molar-refractivity contribution >= 4 is 5.91 Å². The highest BCUT2D eigenvalue weighted by Crippen LogP contribution is 2.18. The summed E-state index contributed by atoms with van der Waals surface area (Å²) < 4.78 is 26.5. The predicted octanol–water partition coefficient (Wildman–Crippen LogP) is 2.13. The van der Waals surface area contributed by atoms with Gasteiger partial charge in [-0.05, 0) is 48.9 Å². The molecular formula is C15H19F2NO2. The van der Waals surface area contributed by atoms with Crippen molar-refractivity contribution in [2.75, 3.05) is 19.7 Å². The first-order chi connectivity index (χ1) is 9.60. The molecule has 1 heterocycles. The normalized spacial score (nSPS) is 19.1. The number of aliphatic hydroxyl groups excluding tert-OH is 1. The molecule has 3 nitrogen and oxygen atoms in total. The van der Waals surface area contributed by atoms with Gasteiger partial charge in [0.15, 0.2) is 0 Å². The molecule has 1 aromatic rings. The van der Waals surface area contributed by atoms with Crippen LogP contribution in [0.3, 0.4) is 0 Å². The maximum atomic E-state index is 13.5. The van der Waals surface area contributed by atoms with Crippen LogP contribution in [-0.4, -0.2) is 35.6 Å². The molecule has 0 aromatic heterocycles. The van der Waals surface area contributed by atoms with Gasteiger partial charge in [-0.3, -0.25) is 4.79 Å². The average molecular weight is 283 g/mol. The zero-order chi connectivity index (χ0) is 14.5. The molecule has 1 aliphatic heterocycles. The number of hydrogen-bond acceptors (Lipinski definition) is 2. The summed E-state index contributed by atoms with van der Waals surface area (Å²) in [5, 5.41) is 9.14. The van der Waals surface area contributed by atoms with Crippen LogP contribution in [0.15, 0.2) is 18.2 Å². The summed E-state index contributed by atoms with van der Waals surface area (Å²) in [5.41, 5.74) is 0.231. The van der Waals surface area contributed by atoms with E-state index in [4.69, 9.17) is 5.11 Å². The van der Waals surface area contributed by atoms with Crippen LogP contribution in [0.5, 0.6) is 0 Å². The van der Waals surface area contributed by atoms with Gasteiger partial charge in [0.2, 0.25) is 5.91 Å². The highest BCUT2D eigenvalue weighted by molar-refractivity contribution is 5.76. The molecule has 1 aromatic carbocycles. The summed E-state index contributed by atoms with van der Waals surface area (Å²) in [6.45, 7) is 1.32. The molecule has 1 atom stereocenters. The molecule has 0 saturated carbocycles. The number of aryl methyl sites for hydroxylation is 1. The number of hydrogen-bond donors (Lipinski definition) is 1. The van der Waals surface area contributed by atoms with Gasteiger partial charge < -0.3 is 10.0 Å². The van der Waals surface area contributed by atoms with E-state index >= 15 is 0 Å². The Morgan fingerprint density at radius 1 is 1.40 bits per heavy atom. The maximum absolute atomic E-state index is 13.5. The van der Waals surface area contributed by atoms with Crippen molar-refractivity contribution in [3.05, 3.63) is 35.4 Å². The van der Waals surface area contributed by atoms with Crippen molar-refractivity contribution in [3.8, 4) is 0 Å². The fourth-order valence-electron chi connectivity index (χ4n) is 2.58. The zero-order valence-electron chi connectivity index (χ0n) is 11.3.